The number of halogens is 3. The van der Waals surface area contributed by atoms with Gasteiger partial charge >= 0.3 is 0 Å². The molecule has 6 nitrogen and oxygen atoms in total. The molecule has 0 aromatic heterocycles. The second-order valence-electron chi connectivity index (χ2n) is 8.48. The molecule has 0 fully saturated rings. The van der Waals surface area contributed by atoms with Gasteiger partial charge in [-0.05, 0) is 55.8 Å². The number of amides is 1. The third kappa shape index (κ3) is 6.78. The number of ether oxygens (including phenoxy) is 1. The van der Waals surface area contributed by atoms with E-state index in [1.54, 1.807) is 43.1 Å². The molecule has 0 radical (unpaired) electrons. The summed E-state index contributed by atoms with van der Waals surface area (Å²) in [4.78, 5) is 13.5. The predicted molar refractivity (Wildman–Crippen MR) is 140 cm³/mol. The molecule has 1 unspecified atom stereocenters. The van der Waals surface area contributed by atoms with E-state index in [0.717, 1.165) is 28.9 Å². The normalized spacial score (nSPS) is 12.2. The molecule has 3 rings (SSSR count). The number of carbonyl (C=O) groups excluding carboxylic acids is 1. The summed E-state index contributed by atoms with van der Waals surface area (Å²) < 4.78 is 63.5. The van der Waals surface area contributed by atoms with Crippen LogP contribution in [0.2, 0.25) is 5.02 Å². The van der Waals surface area contributed by atoms with Gasteiger partial charge in [-0.1, -0.05) is 36.7 Å². The van der Waals surface area contributed by atoms with Crippen LogP contribution < -0.4 is 9.04 Å². The smallest absolute Gasteiger partial charge is 0.264 e. The number of hydrogen-bond donors (Lipinski definition) is 0. The van der Waals surface area contributed by atoms with Crippen LogP contribution in [0.1, 0.15) is 38.3 Å². The lowest BCUT2D eigenvalue weighted by atomic mass is 10.1. The quantitative estimate of drug-likeness (QED) is 0.284. The third-order valence-electron chi connectivity index (χ3n) is 5.81. The molecule has 37 heavy (non-hydrogen) atoms. The lowest BCUT2D eigenvalue weighted by Gasteiger charge is -2.32. The fraction of sp³-hybridized carbons (Fsp3) is 0.296. The van der Waals surface area contributed by atoms with E-state index in [1.165, 1.54) is 24.3 Å². The topological polar surface area (TPSA) is 66.9 Å². The van der Waals surface area contributed by atoms with E-state index in [2.05, 4.69) is 0 Å². The molecule has 0 N–H and O–H groups in total. The van der Waals surface area contributed by atoms with Gasteiger partial charge in [0.15, 0.2) is 0 Å². The highest BCUT2D eigenvalue weighted by Gasteiger charge is 2.34. The number of sulfonamides is 1. The fourth-order valence-electron chi connectivity index (χ4n) is 3.83. The molecule has 10 heteroatoms. The molecular formula is C27H29ClF2N2O4S. The number of rotatable bonds is 11. The van der Waals surface area contributed by atoms with E-state index >= 15 is 0 Å². The molecule has 1 amide bonds. The lowest BCUT2D eigenvalue weighted by Crippen LogP contribution is -2.35. The third-order valence-corrected chi connectivity index (χ3v) is 7.96. The average molecular weight is 551 g/mol. The minimum absolute atomic E-state index is 0.00503. The van der Waals surface area contributed by atoms with Crippen LogP contribution in [-0.2, 0) is 14.8 Å². The van der Waals surface area contributed by atoms with Gasteiger partial charge in [0, 0.05) is 30.1 Å². The summed E-state index contributed by atoms with van der Waals surface area (Å²) in [5, 5.41) is 0.330. The Kier molecular flexibility index (Phi) is 9.50. The van der Waals surface area contributed by atoms with Crippen molar-refractivity contribution < 1.29 is 26.7 Å². The van der Waals surface area contributed by atoms with E-state index in [-0.39, 0.29) is 17.4 Å². The van der Waals surface area contributed by atoms with Crippen molar-refractivity contribution in [2.24, 2.45) is 0 Å². The molecule has 0 saturated carbocycles. The molecule has 0 spiro atoms. The van der Waals surface area contributed by atoms with Crippen LogP contribution >= 0.6 is 11.6 Å². The fourth-order valence-corrected chi connectivity index (χ4v) is 5.59. The minimum Gasteiger partial charge on any atom is -0.491 e. The van der Waals surface area contributed by atoms with Gasteiger partial charge in [-0.15, -0.1) is 0 Å². The standard InChI is InChI=1S/C27H29ClF2N2O4S/c1-4-7-27(33)31(3)16-17-36-26-9-6-5-8-23(26)19(2)32(25-18-21(29)12-15-24(25)30)37(34,35)22-13-10-20(28)11-14-22/h5-6,8-15,18-19H,4,7,16-17H2,1-3H3. The zero-order valence-electron chi connectivity index (χ0n) is 20.8. The van der Waals surface area contributed by atoms with Gasteiger partial charge in [0.25, 0.3) is 10.0 Å². The molecule has 0 aliphatic carbocycles. The summed E-state index contributed by atoms with van der Waals surface area (Å²) >= 11 is 5.93. The molecule has 0 aliphatic rings. The highest BCUT2D eigenvalue weighted by Crippen LogP contribution is 2.38. The van der Waals surface area contributed by atoms with E-state index < -0.39 is 33.4 Å². The summed E-state index contributed by atoms with van der Waals surface area (Å²) in [6, 6.07) is 13.8. The average Bonchev–Trinajstić information content (AvgIpc) is 2.86. The highest BCUT2D eigenvalue weighted by molar-refractivity contribution is 7.92. The molecule has 3 aromatic carbocycles. The van der Waals surface area contributed by atoms with Gasteiger partial charge in [-0.2, -0.15) is 0 Å². The van der Waals surface area contributed by atoms with Crippen LogP contribution in [0.15, 0.2) is 71.6 Å². The van der Waals surface area contributed by atoms with Gasteiger partial charge in [0.1, 0.15) is 24.0 Å². The Bertz CT molecular complexity index is 1340. The number of anilines is 1. The van der Waals surface area contributed by atoms with Gasteiger partial charge in [-0.3, -0.25) is 9.10 Å². The number of nitrogens with zero attached hydrogens (tertiary/aromatic N) is 2. The molecule has 0 bridgehead atoms. The SMILES string of the molecule is CCCC(=O)N(C)CCOc1ccccc1C(C)N(c1cc(F)ccc1F)S(=O)(=O)c1ccc(Cl)cc1. The molecule has 0 saturated heterocycles. The summed E-state index contributed by atoms with van der Waals surface area (Å²) in [7, 11) is -2.68. The summed E-state index contributed by atoms with van der Waals surface area (Å²) in [6.45, 7) is 3.98. The summed E-state index contributed by atoms with van der Waals surface area (Å²) in [6.07, 6.45) is 1.17. The molecule has 3 aromatic rings. The van der Waals surface area contributed by atoms with E-state index in [1.807, 2.05) is 6.92 Å². The predicted octanol–water partition coefficient (Wildman–Crippen LogP) is 6.21. The Labute approximate surface area is 221 Å². The van der Waals surface area contributed by atoms with Crippen molar-refractivity contribution in [3.05, 3.63) is 89.0 Å². The Balaban J connectivity index is 2.00. The van der Waals surface area contributed by atoms with Gasteiger partial charge in [0.05, 0.1) is 23.2 Å². The van der Waals surface area contributed by atoms with E-state index in [4.69, 9.17) is 16.3 Å². The van der Waals surface area contributed by atoms with Crippen molar-refractivity contribution >= 4 is 33.2 Å². The first-order chi connectivity index (χ1) is 17.6. The number of hydrogen-bond acceptors (Lipinski definition) is 4. The maximum atomic E-state index is 15.0. The molecule has 1 atom stereocenters. The monoisotopic (exact) mass is 550 g/mol. The minimum atomic E-state index is -4.37. The van der Waals surface area contributed by atoms with Crippen LogP contribution in [0.3, 0.4) is 0 Å². The first-order valence-corrected chi connectivity index (χ1v) is 13.6. The Morgan fingerprint density at radius 2 is 1.73 bits per heavy atom. The second kappa shape index (κ2) is 12.4. The lowest BCUT2D eigenvalue weighted by molar-refractivity contribution is -0.130. The number of carbonyl (C=O) groups is 1. The van der Waals surface area contributed by atoms with Crippen molar-refractivity contribution in [1.82, 2.24) is 4.90 Å². The van der Waals surface area contributed by atoms with Crippen molar-refractivity contribution in [2.75, 3.05) is 24.5 Å². The highest BCUT2D eigenvalue weighted by atomic mass is 35.5. The Hall–Kier alpha value is -3.17. The van der Waals surface area contributed by atoms with Crippen molar-refractivity contribution in [1.29, 1.82) is 0 Å². The second-order valence-corrected chi connectivity index (χ2v) is 10.7. The van der Waals surface area contributed by atoms with Crippen LogP contribution in [0.25, 0.3) is 0 Å². The number of para-hydroxylation sites is 1. The Morgan fingerprint density at radius 1 is 1.05 bits per heavy atom. The summed E-state index contributed by atoms with van der Waals surface area (Å²) in [5.41, 5.74) is -0.00612. The van der Waals surface area contributed by atoms with Crippen molar-refractivity contribution in [3.8, 4) is 5.75 Å². The van der Waals surface area contributed by atoms with Gasteiger partial charge in [-0.25, -0.2) is 17.2 Å². The number of benzene rings is 3. The first kappa shape index (κ1) is 28.4. The van der Waals surface area contributed by atoms with Gasteiger partial charge in [0.2, 0.25) is 5.91 Å². The van der Waals surface area contributed by atoms with Crippen molar-refractivity contribution in [3.63, 3.8) is 0 Å². The van der Waals surface area contributed by atoms with Crippen molar-refractivity contribution in [2.45, 2.75) is 37.6 Å². The van der Waals surface area contributed by atoms with Crippen LogP contribution in [-0.4, -0.2) is 39.4 Å². The number of likely N-dealkylation sites (N-methyl/N-ethyl adjacent to an activating group) is 1. The Morgan fingerprint density at radius 3 is 2.41 bits per heavy atom. The molecule has 0 aliphatic heterocycles. The van der Waals surface area contributed by atoms with Gasteiger partial charge < -0.3 is 9.64 Å². The molecular weight excluding hydrogens is 522 g/mol. The molecule has 0 heterocycles. The molecule has 198 valence electrons. The van der Waals surface area contributed by atoms with E-state index in [0.29, 0.717) is 29.3 Å². The van der Waals surface area contributed by atoms with Crippen LogP contribution in [0.5, 0.6) is 5.75 Å². The first-order valence-electron chi connectivity index (χ1n) is 11.8. The maximum absolute atomic E-state index is 15.0. The maximum Gasteiger partial charge on any atom is 0.264 e. The summed E-state index contributed by atoms with van der Waals surface area (Å²) in [5.74, 6) is -1.33. The largest absolute Gasteiger partial charge is 0.491 e. The zero-order valence-corrected chi connectivity index (χ0v) is 22.4. The van der Waals surface area contributed by atoms with E-state index in [9.17, 15) is 22.0 Å². The van der Waals surface area contributed by atoms with Crippen LogP contribution in [0.4, 0.5) is 14.5 Å². The zero-order chi connectivity index (χ0) is 27.2. The van der Waals surface area contributed by atoms with Crippen LogP contribution in [0, 0.1) is 11.6 Å².